The highest BCUT2D eigenvalue weighted by Gasteiger charge is 2.13. The van der Waals surface area contributed by atoms with Crippen LogP contribution >= 0.6 is 28.1 Å². The minimum atomic E-state index is -0.353. The number of thiocarbonyl (C=S) groups is 1. The largest absolute Gasteiger partial charge is 0.389 e. The lowest BCUT2D eigenvalue weighted by molar-refractivity contribution is -0.121. The number of carbonyl (C=O) groups excluding carboxylic acids is 1. The van der Waals surface area contributed by atoms with Crippen LogP contribution in [-0.4, -0.2) is 24.0 Å². The first kappa shape index (κ1) is 13.9. The van der Waals surface area contributed by atoms with Gasteiger partial charge in [0, 0.05) is 22.8 Å². The monoisotopic (exact) mass is 315 g/mol. The van der Waals surface area contributed by atoms with Crippen molar-refractivity contribution in [2.45, 2.75) is 13.0 Å². The summed E-state index contributed by atoms with van der Waals surface area (Å²) in [5, 5.41) is 5.64. The zero-order valence-corrected chi connectivity index (χ0v) is 12.0. The van der Waals surface area contributed by atoms with Gasteiger partial charge in [-0.3, -0.25) is 4.79 Å². The normalized spacial score (nSPS) is 11.7. The number of hydrogen-bond donors (Lipinski definition) is 3. The van der Waals surface area contributed by atoms with E-state index in [0.29, 0.717) is 5.56 Å². The van der Waals surface area contributed by atoms with Crippen molar-refractivity contribution in [2.24, 2.45) is 5.73 Å². The Morgan fingerprint density at radius 1 is 1.53 bits per heavy atom. The maximum absolute atomic E-state index is 11.4. The van der Waals surface area contributed by atoms with Gasteiger partial charge in [-0.25, -0.2) is 0 Å². The number of anilines is 1. The van der Waals surface area contributed by atoms with Gasteiger partial charge in [0.15, 0.2) is 0 Å². The van der Waals surface area contributed by atoms with Gasteiger partial charge in [0.2, 0.25) is 5.91 Å². The molecule has 0 fully saturated rings. The van der Waals surface area contributed by atoms with E-state index in [-0.39, 0.29) is 16.9 Å². The summed E-state index contributed by atoms with van der Waals surface area (Å²) in [5.74, 6) is -0.0955. The van der Waals surface area contributed by atoms with E-state index in [1.54, 1.807) is 14.0 Å². The van der Waals surface area contributed by atoms with Gasteiger partial charge in [0.05, 0.1) is 0 Å². The molecule has 1 unspecified atom stereocenters. The first-order valence-electron chi connectivity index (χ1n) is 5.03. The fraction of sp³-hybridized carbons (Fsp3) is 0.273. The number of nitrogens with two attached hydrogens (primary N) is 1. The highest BCUT2D eigenvalue weighted by molar-refractivity contribution is 9.10. The van der Waals surface area contributed by atoms with Crippen LogP contribution in [0, 0.1) is 0 Å². The molecular weight excluding hydrogens is 302 g/mol. The fourth-order valence-corrected chi connectivity index (χ4v) is 1.89. The summed E-state index contributed by atoms with van der Waals surface area (Å²) >= 11 is 8.32. The van der Waals surface area contributed by atoms with E-state index in [4.69, 9.17) is 18.0 Å². The maximum Gasteiger partial charge on any atom is 0.241 e. The van der Waals surface area contributed by atoms with Crippen LogP contribution in [0.3, 0.4) is 0 Å². The number of rotatable bonds is 4. The first-order chi connectivity index (χ1) is 7.95. The summed E-state index contributed by atoms with van der Waals surface area (Å²) in [7, 11) is 1.59. The molecule has 1 amide bonds. The minimum absolute atomic E-state index is 0.0955. The van der Waals surface area contributed by atoms with E-state index in [2.05, 4.69) is 26.6 Å². The molecule has 1 rings (SSSR count). The molecular formula is C11H14BrN3OS. The van der Waals surface area contributed by atoms with Crippen LogP contribution < -0.4 is 16.4 Å². The Morgan fingerprint density at radius 3 is 2.71 bits per heavy atom. The second kappa shape index (κ2) is 5.97. The molecule has 0 spiro atoms. The van der Waals surface area contributed by atoms with E-state index >= 15 is 0 Å². The van der Waals surface area contributed by atoms with Crippen molar-refractivity contribution in [3.8, 4) is 0 Å². The van der Waals surface area contributed by atoms with E-state index < -0.39 is 0 Å². The molecule has 0 saturated heterocycles. The lowest BCUT2D eigenvalue weighted by Gasteiger charge is -2.16. The minimum Gasteiger partial charge on any atom is -0.389 e. The van der Waals surface area contributed by atoms with Crippen LogP contribution in [0.1, 0.15) is 12.5 Å². The van der Waals surface area contributed by atoms with Crippen LogP contribution in [-0.2, 0) is 4.79 Å². The van der Waals surface area contributed by atoms with Gasteiger partial charge in [-0.2, -0.15) is 0 Å². The van der Waals surface area contributed by atoms with Crippen molar-refractivity contribution in [1.29, 1.82) is 0 Å². The molecule has 1 aromatic carbocycles. The summed E-state index contributed by atoms with van der Waals surface area (Å²) < 4.78 is 0.887. The second-order valence-corrected chi connectivity index (χ2v) is 4.89. The standard InChI is InChI=1S/C11H14BrN3OS/c1-6(11(16)14-2)15-9-4-3-7(12)5-8(9)10(13)17/h3-6,15H,1-2H3,(H2,13,17)(H,14,16). The molecule has 0 radical (unpaired) electrons. The Morgan fingerprint density at radius 2 is 2.18 bits per heavy atom. The van der Waals surface area contributed by atoms with Crippen molar-refractivity contribution >= 4 is 44.7 Å². The van der Waals surface area contributed by atoms with Crippen LogP contribution in [0.5, 0.6) is 0 Å². The molecule has 6 heteroatoms. The molecule has 17 heavy (non-hydrogen) atoms. The number of hydrogen-bond acceptors (Lipinski definition) is 3. The van der Waals surface area contributed by atoms with Gasteiger partial charge in [-0.15, -0.1) is 0 Å². The van der Waals surface area contributed by atoms with Gasteiger partial charge < -0.3 is 16.4 Å². The summed E-state index contributed by atoms with van der Waals surface area (Å²) in [5.41, 5.74) is 7.10. The number of nitrogens with one attached hydrogen (secondary N) is 2. The highest BCUT2D eigenvalue weighted by Crippen LogP contribution is 2.21. The lowest BCUT2D eigenvalue weighted by Crippen LogP contribution is -2.35. The molecule has 1 aromatic rings. The molecule has 0 aliphatic heterocycles. The number of halogens is 1. The number of likely N-dealkylation sites (N-methyl/N-ethyl adjacent to an activating group) is 1. The van der Waals surface area contributed by atoms with Crippen LogP contribution in [0.25, 0.3) is 0 Å². The molecule has 1 atom stereocenters. The van der Waals surface area contributed by atoms with E-state index in [1.165, 1.54) is 0 Å². The molecule has 92 valence electrons. The van der Waals surface area contributed by atoms with Crippen molar-refractivity contribution in [2.75, 3.05) is 12.4 Å². The third-order valence-electron chi connectivity index (χ3n) is 2.26. The van der Waals surface area contributed by atoms with E-state index in [9.17, 15) is 4.79 Å². The Labute approximate surface area is 114 Å². The van der Waals surface area contributed by atoms with Gasteiger partial charge in [-0.05, 0) is 25.1 Å². The number of amides is 1. The molecule has 0 aromatic heterocycles. The van der Waals surface area contributed by atoms with Gasteiger partial charge in [-0.1, -0.05) is 28.1 Å². The Bertz CT molecular complexity index is 450. The summed E-state index contributed by atoms with van der Waals surface area (Å²) in [6.45, 7) is 1.77. The lowest BCUT2D eigenvalue weighted by atomic mass is 10.1. The van der Waals surface area contributed by atoms with Gasteiger partial charge in [0.1, 0.15) is 11.0 Å². The van der Waals surface area contributed by atoms with Crippen molar-refractivity contribution in [1.82, 2.24) is 5.32 Å². The average Bonchev–Trinajstić information content (AvgIpc) is 2.29. The third-order valence-corrected chi connectivity index (χ3v) is 2.97. The first-order valence-corrected chi connectivity index (χ1v) is 6.23. The molecule has 4 nitrogen and oxygen atoms in total. The summed E-state index contributed by atoms with van der Waals surface area (Å²) in [6, 6.07) is 5.16. The van der Waals surface area contributed by atoms with Crippen molar-refractivity contribution in [3.63, 3.8) is 0 Å². The van der Waals surface area contributed by atoms with Crippen LogP contribution in [0.4, 0.5) is 5.69 Å². The topological polar surface area (TPSA) is 67.2 Å². The molecule has 0 saturated carbocycles. The zero-order chi connectivity index (χ0) is 13.0. The smallest absolute Gasteiger partial charge is 0.241 e. The van der Waals surface area contributed by atoms with Crippen LogP contribution in [0.2, 0.25) is 0 Å². The fourth-order valence-electron chi connectivity index (χ4n) is 1.36. The predicted octanol–water partition coefficient (Wildman–Crippen LogP) is 1.63. The molecule has 0 aliphatic carbocycles. The summed E-state index contributed by atoms with van der Waals surface area (Å²) in [6.07, 6.45) is 0. The average molecular weight is 316 g/mol. The van der Waals surface area contributed by atoms with Gasteiger partial charge in [0.25, 0.3) is 0 Å². The molecule has 0 heterocycles. The van der Waals surface area contributed by atoms with Crippen LogP contribution in [0.15, 0.2) is 22.7 Å². The van der Waals surface area contributed by atoms with E-state index in [0.717, 1.165) is 10.2 Å². The SMILES string of the molecule is CNC(=O)C(C)Nc1ccc(Br)cc1C(N)=S. The zero-order valence-electron chi connectivity index (χ0n) is 9.58. The highest BCUT2D eigenvalue weighted by atomic mass is 79.9. The summed E-state index contributed by atoms with van der Waals surface area (Å²) in [4.78, 5) is 11.7. The number of benzene rings is 1. The quantitative estimate of drug-likeness (QED) is 0.739. The molecule has 0 aliphatic rings. The molecule has 4 N–H and O–H groups in total. The van der Waals surface area contributed by atoms with Crippen molar-refractivity contribution < 1.29 is 4.79 Å². The second-order valence-electron chi connectivity index (χ2n) is 3.53. The molecule has 0 bridgehead atoms. The Balaban J connectivity index is 2.98. The Kier molecular flexibility index (Phi) is 4.89. The maximum atomic E-state index is 11.4. The third kappa shape index (κ3) is 3.67. The number of carbonyl (C=O) groups is 1. The van der Waals surface area contributed by atoms with Gasteiger partial charge >= 0.3 is 0 Å². The van der Waals surface area contributed by atoms with E-state index in [1.807, 2.05) is 18.2 Å². The predicted molar refractivity (Wildman–Crippen MR) is 77.2 cm³/mol. The van der Waals surface area contributed by atoms with Crippen molar-refractivity contribution in [3.05, 3.63) is 28.2 Å². The Hall–Kier alpha value is -1.14.